The largest absolute Gasteiger partial charge is 0.432 e. The summed E-state index contributed by atoms with van der Waals surface area (Å²) in [7, 11) is 0. The molecule has 0 unspecified atom stereocenters. The van der Waals surface area contributed by atoms with Crippen molar-refractivity contribution in [3.8, 4) is 6.01 Å². The number of nitrogens with one attached hydrogen (secondary N) is 1. The zero-order valence-corrected chi connectivity index (χ0v) is 7.78. The number of imidazole rings is 1. The first kappa shape index (κ1) is 10.4. The second-order valence-corrected chi connectivity index (χ2v) is 3.22. The van der Waals surface area contributed by atoms with Crippen molar-refractivity contribution in [1.29, 1.82) is 0 Å². The highest BCUT2D eigenvalue weighted by Gasteiger charge is 2.44. The summed E-state index contributed by atoms with van der Waals surface area (Å²) < 4.78 is 10.2. The van der Waals surface area contributed by atoms with Gasteiger partial charge in [0.2, 0.25) is 6.29 Å². The molecule has 0 bridgehead atoms. The van der Waals surface area contributed by atoms with E-state index >= 15 is 0 Å². The zero-order chi connectivity index (χ0) is 10.8. The van der Waals surface area contributed by atoms with Gasteiger partial charge < -0.3 is 29.8 Å². The summed E-state index contributed by atoms with van der Waals surface area (Å²) in [6, 6.07) is 0.185. The first-order chi connectivity index (χ1) is 7.22. The smallest absolute Gasteiger partial charge is 0.295 e. The zero-order valence-electron chi connectivity index (χ0n) is 7.78. The van der Waals surface area contributed by atoms with Crippen molar-refractivity contribution >= 4 is 0 Å². The maximum Gasteiger partial charge on any atom is 0.295 e. The molecule has 84 valence electrons. The molecule has 1 aliphatic heterocycles. The molecule has 0 radical (unpaired) electrons. The lowest BCUT2D eigenvalue weighted by atomic mass is 10.1. The van der Waals surface area contributed by atoms with Crippen molar-refractivity contribution in [3.63, 3.8) is 0 Å². The van der Waals surface area contributed by atoms with Crippen LogP contribution in [0.3, 0.4) is 0 Å². The second kappa shape index (κ2) is 4.15. The van der Waals surface area contributed by atoms with Crippen LogP contribution in [0.4, 0.5) is 0 Å². The Morgan fingerprint density at radius 3 is 2.80 bits per heavy atom. The fraction of sp³-hybridized carbons (Fsp3) is 0.625. The maximum atomic E-state index is 9.51. The van der Waals surface area contributed by atoms with Crippen molar-refractivity contribution < 1.29 is 24.8 Å². The minimum atomic E-state index is -1.20. The van der Waals surface area contributed by atoms with Crippen LogP contribution in [0, 0.1) is 0 Å². The average molecular weight is 216 g/mol. The van der Waals surface area contributed by atoms with Crippen molar-refractivity contribution in [3.05, 3.63) is 12.4 Å². The number of aliphatic hydroxyl groups excluding tert-OH is 3. The van der Waals surface area contributed by atoms with Crippen molar-refractivity contribution in [2.45, 2.75) is 24.6 Å². The molecule has 2 rings (SSSR count). The van der Waals surface area contributed by atoms with E-state index in [2.05, 4.69) is 9.97 Å². The van der Waals surface area contributed by atoms with Gasteiger partial charge in [-0.2, -0.15) is 0 Å². The minimum absolute atomic E-state index is 0.185. The molecule has 0 spiro atoms. The first-order valence-corrected chi connectivity index (χ1v) is 4.51. The lowest BCUT2D eigenvalue weighted by Crippen LogP contribution is -2.35. The van der Waals surface area contributed by atoms with Gasteiger partial charge >= 0.3 is 0 Å². The highest BCUT2D eigenvalue weighted by molar-refractivity contribution is 4.96. The quantitative estimate of drug-likeness (QED) is 0.476. The Bertz CT molecular complexity index is 304. The Hall–Kier alpha value is -1.15. The summed E-state index contributed by atoms with van der Waals surface area (Å²) >= 11 is 0. The van der Waals surface area contributed by atoms with Crippen LogP contribution < -0.4 is 4.74 Å². The molecule has 1 aliphatic rings. The number of aromatic nitrogens is 2. The van der Waals surface area contributed by atoms with Crippen LogP contribution in [0.25, 0.3) is 0 Å². The van der Waals surface area contributed by atoms with Crippen molar-refractivity contribution in [2.24, 2.45) is 0 Å². The van der Waals surface area contributed by atoms with Crippen LogP contribution >= 0.6 is 0 Å². The van der Waals surface area contributed by atoms with Crippen molar-refractivity contribution in [2.75, 3.05) is 6.61 Å². The molecule has 1 fully saturated rings. The van der Waals surface area contributed by atoms with Gasteiger partial charge in [0.1, 0.15) is 18.3 Å². The van der Waals surface area contributed by atoms with Gasteiger partial charge in [0.15, 0.2) is 0 Å². The number of ether oxygens (including phenoxy) is 2. The molecule has 1 saturated heterocycles. The number of nitrogens with zero attached hydrogens (tertiary/aromatic N) is 1. The molecule has 15 heavy (non-hydrogen) atoms. The van der Waals surface area contributed by atoms with E-state index < -0.39 is 24.6 Å². The SMILES string of the molecule is OC[C@H]1O[C@H](Oc2ncc[nH]2)[C@H](O)[C@@H]1O. The van der Waals surface area contributed by atoms with Gasteiger partial charge in [-0.15, -0.1) is 0 Å². The predicted molar refractivity (Wildman–Crippen MR) is 47.0 cm³/mol. The third-order valence-electron chi connectivity index (χ3n) is 2.20. The van der Waals surface area contributed by atoms with E-state index in [1.54, 1.807) is 6.20 Å². The second-order valence-electron chi connectivity index (χ2n) is 3.22. The molecule has 1 aromatic rings. The summed E-state index contributed by atoms with van der Waals surface area (Å²) in [5, 5.41) is 27.7. The molecule has 0 amide bonds. The Morgan fingerprint density at radius 1 is 1.47 bits per heavy atom. The normalized spacial score (nSPS) is 35.7. The maximum absolute atomic E-state index is 9.51. The Balaban J connectivity index is 1.99. The molecule has 2 heterocycles. The summed E-state index contributed by atoms with van der Waals surface area (Å²) in [5.41, 5.74) is 0. The van der Waals surface area contributed by atoms with Crippen LogP contribution in [-0.4, -0.2) is 56.5 Å². The Kier molecular flexibility index (Phi) is 2.87. The number of aromatic amines is 1. The molecule has 4 N–H and O–H groups in total. The molecular weight excluding hydrogens is 204 g/mol. The number of hydrogen-bond donors (Lipinski definition) is 4. The fourth-order valence-corrected chi connectivity index (χ4v) is 1.39. The topological polar surface area (TPSA) is 108 Å². The van der Waals surface area contributed by atoms with Gasteiger partial charge in [-0.05, 0) is 0 Å². The van der Waals surface area contributed by atoms with Gasteiger partial charge in [0, 0.05) is 12.4 Å². The Labute approximate surface area is 85.3 Å². The fourth-order valence-electron chi connectivity index (χ4n) is 1.39. The molecule has 0 saturated carbocycles. The van der Waals surface area contributed by atoms with Gasteiger partial charge in [-0.3, -0.25) is 0 Å². The van der Waals surface area contributed by atoms with Crippen LogP contribution in [0.5, 0.6) is 6.01 Å². The highest BCUT2D eigenvalue weighted by Crippen LogP contribution is 2.22. The van der Waals surface area contributed by atoms with Crippen LogP contribution in [-0.2, 0) is 4.74 Å². The van der Waals surface area contributed by atoms with E-state index in [0.717, 1.165) is 0 Å². The molecule has 7 nitrogen and oxygen atoms in total. The van der Waals surface area contributed by atoms with E-state index in [1.165, 1.54) is 6.20 Å². The number of hydrogen-bond acceptors (Lipinski definition) is 6. The van der Waals surface area contributed by atoms with E-state index in [4.69, 9.17) is 14.6 Å². The van der Waals surface area contributed by atoms with E-state index in [1.807, 2.05) is 0 Å². The molecule has 0 aromatic carbocycles. The van der Waals surface area contributed by atoms with Crippen LogP contribution in [0.1, 0.15) is 0 Å². The van der Waals surface area contributed by atoms with Gasteiger partial charge in [-0.25, -0.2) is 4.98 Å². The van der Waals surface area contributed by atoms with Gasteiger partial charge in [-0.1, -0.05) is 0 Å². The first-order valence-electron chi connectivity index (χ1n) is 4.51. The number of rotatable bonds is 3. The molecular formula is C8H12N2O5. The van der Waals surface area contributed by atoms with E-state index in [9.17, 15) is 10.2 Å². The number of aliphatic hydroxyl groups is 3. The molecule has 0 aliphatic carbocycles. The highest BCUT2D eigenvalue weighted by atomic mass is 16.7. The minimum Gasteiger partial charge on any atom is -0.432 e. The lowest BCUT2D eigenvalue weighted by molar-refractivity contribution is -0.119. The van der Waals surface area contributed by atoms with Crippen LogP contribution in [0.15, 0.2) is 12.4 Å². The summed E-state index contributed by atoms with van der Waals surface area (Å²) in [5.74, 6) is 0. The molecule has 1 aromatic heterocycles. The average Bonchev–Trinajstić information content (AvgIpc) is 2.82. The summed E-state index contributed by atoms with van der Waals surface area (Å²) in [4.78, 5) is 6.44. The monoisotopic (exact) mass is 216 g/mol. The number of H-pyrrole nitrogens is 1. The third-order valence-corrected chi connectivity index (χ3v) is 2.20. The standard InChI is InChI=1S/C8H12N2O5/c11-3-4-5(12)6(13)7(14-4)15-8-9-1-2-10-8/h1-2,4-7,11-13H,3H2,(H,9,10)/t4-,5-,6-,7-/m1/s1. The van der Waals surface area contributed by atoms with Crippen LogP contribution in [0.2, 0.25) is 0 Å². The molecule has 7 heteroatoms. The summed E-state index contributed by atoms with van der Waals surface area (Å²) in [6.07, 6.45) is -1.18. The summed E-state index contributed by atoms with van der Waals surface area (Å²) in [6.45, 7) is -0.379. The van der Waals surface area contributed by atoms with E-state index in [-0.39, 0.29) is 12.6 Å². The van der Waals surface area contributed by atoms with Crippen molar-refractivity contribution in [1.82, 2.24) is 9.97 Å². The predicted octanol–water partition coefficient (Wildman–Crippen LogP) is -1.77. The van der Waals surface area contributed by atoms with Gasteiger partial charge in [0.05, 0.1) is 6.61 Å². The molecule has 4 atom stereocenters. The third kappa shape index (κ3) is 1.95. The lowest BCUT2D eigenvalue weighted by Gasteiger charge is -2.14. The van der Waals surface area contributed by atoms with Gasteiger partial charge in [0.25, 0.3) is 6.01 Å². The van der Waals surface area contributed by atoms with E-state index in [0.29, 0.717) is 0 Å². The Morgan fingerprint density at radius 2 is 2.27 bits per heavy atom.